The van der Waals surface area contributed by atoms with E-state index in [2.05, 4.69) is 20.0 Å². The molecule has 0 bridgehead atoms. The van der Waals surface area contributed by atoms with Crippen molar-refractivity contribution in [3.63, 3.8) is 0 Å². The normalized spacial score (nSPS) is 8.25. The standard InChI is InChI=1S/C6H10N2O4/c1-7-8-4(5(9)11-2)6(10)12-3/h7H,1-3H3. The maximum Gasteiger partial charge on any atom is 0.366 e. The minimum absolute atomic E-state index is 0.414. The molecule has 0 fully saturated rings. The van der Waals surface area contributed by atoms with Gasteiger partial charge >= 0.3 is 11.9 Å². The number of nitrogens with one attached hydrogen (secondary N) is 1. The Balaban J connectivity index is 4.55. The molecular weight excluding hydrogens is 164 g/mol. The summed E-state index contributed by atoms with van der Waals surface area (Å²) in [5, 5.41) is 3.38. The van der Waals surface area contributed by atoms with Gasteiger partial charge in [0.2, 0.25) is 0 Å². The van der Waals surface area contributed by atoms with Gasteiger partial charge in [0.25, 0.3) is 5.71 Å². The lowest BCUT2D eigenvalue weighted by Crippen LogP contribution is -2.28. The lowest BCUT2D eigenvalue weighted by Gasteiger charge is -2.00. The first-order chi connectivity index (χ1) is 5.67. The Bertz CT molecular complexity index is 194. The van der Waals surface area contributed by atoms with Gasteiger partial charge in [-0.15, -0.1) is 0 Å². The number of methoxy groups -OCH3 is 2. The number of nitrogens with zero attached hydrogens (tertiary/aromatic N) is 1. The number of carbonyl (C=O) groups is 2. The van der Waals surface area contributed by atoms with Gasteiger partial charge in [-0.1, -0.05) is 0 Å². The van der Waals surface area contributed by atoms with Gasteiger partial charge in [-0.3, -0.25) is 0 Å². The van der Waals surface area contributed by atoms with E-state index >= 15 is 0 Å². The van der Waals surface area contributed by atoms with Gasteiger partial charge in [0.1, 0.15) is 0 Å². The van der Waals surface area contributed by atoms with Crippen LogP contribution in [-0.2, 0) is 19.1 Å². The molecule has 0 spiro atoms. The molecular formula is C6H10N2O4. The van der Waals surface area contributed by atoms with Crippen LogP contribution in [0.25, 0.3) is 0 Å². The minimum Gasteiger partial charge on any atom is -0.464 e. The van der Waals surface area contributed by atoms with Gasteiger partial charge < -0.3 is 14.9 Å². The third-order valence-electron chi connectivity index (χ3n) is 0.981. The second kappa shape index (κ2) is 5.11. The summed E-state index contributed by atoms with van der Waals surface area (Å²) in [6.45, 7) is 0. The fraction of sp³-hybridized carbons (Fsp3) is 0.500. The Hall–Kier alpha value is -1.59. The van der Waals surface area contributed by atoms with Crippen molar-refractivity contribution in [1.82, 2.24) is 5.43 Å². The van der Waals surface area contributed by atoms with E-state index in [1.807, 2.05) is 0 Å². The number of esters is 2. The van der Waals surface area contributed by atoms with Crippen LogP contribution in [0.4, 0.5) is 0 Å². The monoisotopic (exact) mass is 174 g/mol. The van der Waals surface area contributed by atoms with E-state index < -0.39 is 17.7 Å². The molecule has 0 atom stereocenters. The summed E-state index contributed by atoms with van der Waals surface area (Å²) in [5.74, 6) is -1.67. The Kier molecular flexibility index (Phi) is 4.43. The molecule has 6 heteroatoms. The molecule has 0 rings (SSSR count). The molecule has 0 aromatic heterocycles. The van der Waals surface area contributed by atoms with Gasteiger partial charge in [-0.2, -0.15) is 5.10 Å². The lowest BCUT2D eigenvalue weighted by molar-refractivity contribution is -0.138. The van der Waals surface area contributed by atoms with Crippen molar-refractivity contribution in [1.29, 1.82) is 0 Å². The lowest BCUT2D eigenvalue weighted by atomic mass is 10.4. The van der Waals surface area contributed by atoms with Gasteiger partial charge in [0, 0.05) is 7.05 Å². The van der Waals surface area contributed by atoms with Crippen molar-refractivity contribution in [3.05, 3.63) is 0 Å². The van der Waals surface area contributed by atoms with E-state index in [0.29, 0.717) is 0 Å². The molecule has 6 nitrogen and oxygen atoms in total. The summed E-state index contributed by atoms with van der Waals surface area (Å²) in [4.78, 5) is 21.6. The third-order valence-corrected chi connectivity index (χ3v) is 0.981. The Morgan fingerprint density at radius 3 is 1.83 bits per heavy atom. The number of carbonyl (C=O) groups excluding carboxylic acids is 2. The van der Waals surface area contributed by atoms with Crippen LogP contribution in [0.2, 0.25) is 0 Å². The molecule has 68 valence electrons. The van der Waals surface area contributed by atoms with Gasteiger partial charge in [-0.25, -0.2) is 9.59 Å². The quantitative estimate of drug-likeness (QED) is 0.254. The average molecular weight is 174 g/mol. The fourth-order valence-electron chi connectivity index (χ4n) is 0.480. The first kappa shape index (κ1) is 10.4. The summed E-state index contributed by atoms with van der Waals surface area (Å²) in [7, 11) is 3.75. The van der Waals surface area contributed by atoms with E-state index in [1.165, 1.54) is 7.05 Å². The van der Waals surface area contributed by atoms with Crippen molar-refractivity contribution in [2.24, 2.45) is 5.10 Å². The topological polar surface area (TPSA) is 77.0 Å². The molecule has 0 aromatic carbocycles. The molecule has 12 heavy (non-hydrogen) atoms. The van der Waals surface area contributed by atoms with E-state index in [9.17, 15) is 9.59 Å². The number of hydrogen-bond acceptors (Lipinski definition) is 6. The largest absolute Gasteiger partial charge is 0.464 e. The van der Waals surface area contributed by atoms with Crippen molar-refractivity contribution in [3.8, 4) is 0 Å². The zero-order chi connectivity index (χ0) is 9.56. The van der Waals surface area contributed by atoms with Crippen LogP contribution in [-0.4, -0.2) is 38.9 Å². The Morgan fingerprint density at radius 2 is 1.58 bits per heavy atom. The van der Waals surface area contributed by atoms with Crippen LogP contribution in [0.15, 0.2) is 5.10 Å². The highest BCUT2D eigenvalue weighted by Crippen LogP contribution is 1.85. The zero-order valence-electron chi connectivity index (χ0n) is 7.08. The van der Waals surface area contributed by atoms with Crippen molar-refractivity contribution >= 4 is 17.7 Å². The van der Waals surface area contributed by atoms with Gasteiger partial charge in [0.15, 0.2) is 0 Å². The zero-order valence-corrected chi connectivity index (χ0v) is 7.08. The molecule has 0 aliphatic carbocycles. The maximum absolute atomic E-state index is 10.8. The maximum atomic E-state index is 10.8. The minimum atomic E-state index is -0.837. The smallest absolute Gasteiger partial charge is 0.366 e. The fourth-order valence-corrected chi connectivity index (χ4v) is 0.480. The van der Waals surface area contributed by atoms with Crippen LogP contribution in [0.3, 0.4) is 0 Å². The molecule has 0 saturated heterocycles. The first-order valence-electron chi connectivity index (χ1n) is 3.08. The van der Waals surface area contributed by atoms with Crippen LogP contribution < -0.4 is 5.43 Å². The number of ether oxygens (including phenoxy) is 2. The second-order valence-corrected chi connectivity index (χ2v) is 1.67. The molecule has 0 aliphatic heterocycles. The molecule has 0 aliphatic rings. The molecule has 0 amide bonds. The van der Waals surface area contributed by atoms with Gasteiger partial charge in [0.05, 0.1) is 14.2 Å². The summed E-state index contributed by atoms with van der Waals surface area (Å²) in [5.41, 5.74) is 1.87. The Morgan fingerprint density at radius 1 is 1.17 bits per heavy atom. The van der Waals surface area contributed by atoms with Crippen molar-refractivity contribution in [2.75, 3.05) is 21.3 Å². The third kappa shape index (κ3) is 2.57. The van der Waals surface area contributed by atoms with Crippen LogP contribution in [0, 0.1) is 0 Å². The number of hydrogen-bond donors (Lipinski definition) is 1. The number of rotatable bonds is 3. The molecule has 1 N–H and O–H groups in total. The van der Waals surface area contributed by atoms with E-state index in [4.69, 9.17) is 0 Å². The highest BCUT2D eigenvalue weighted by atomic mass is 16.5. The van der Waals surface area contributed by atoms with Crippen LogP contribution >= 0.6 is 0 Å². The van der Waals surface area contributed by atoms with Crippen molar-refractivity contribution in [2.45, 2.75) is 0 Å². The molecule has 0 saturated carbocycles. The summed E-state index contributed by atoms with van der Waals surface area (Å²) in [6, 6.07) is 0. The molecule has 0 heterocycles. The predicted octanol–water partition coefficient (Wildman–Crippen LogP) is -1.09. The highest BCUT2D eigenvalue weighted by Gasteiger charge is 2.21. The average Bonchev–Trinajstić information content (AvgIpc) is 2.11. The molecule has 0 aromatic rings. The SMILES string of the molecule is CNN=C(C(=O)OC)C(=O)OC. The summed E-state index contributed by atoms with van der Waals surface area (Å²) in [6.07, 6.45) is 0. The second-order valence-electron chi connectivity index (χ2n) is 1.67. The van der Waals surface area contributed by atoms with E-state index in [0.717, 1.165) is 14.2 Å². The van der Waals surface area contributed by atoms with E-state index in [-0.39, 0.29) is 0 Å². The van der Waals surface area contributed by atoms with E-state index in [1.54, 1.807) is 0 Å². The van der Waals surface area contributed by atoms with Gasteiger partial charge in [-0.05, 0) is 0 Å². The summed E-state index contributed by atoms with van der Waals surface area (Å²) < 4.78 is 8.55. The molecule has 0 radical (unpaired) electrons. The highest BCUT2D eigenvalue weighted by molar-refractivity contribution is 6.62. The first-order valence-corrected chi connectivity index (χ1v) is 3.08. The van der Waals surface area contributed by atoms with Crippen molar-refractivity contribution < 1.29 is 19.1 Å². The van der Waals surface area contributed by atoms with Crippen LogP contribution in [0.5, 0.6) is 0 Å². The number of hydrazone groups is 1. The van der Waals surface area contributed by atoms with Crippen LogP contribution in [0.1, 0.15) is 0 Å². The predicted molar refractivity (Wildman–Crippen MR) is 40.5 cm³/mol. The molecule has 0 unspecified atom stereocenters. The summed E-state index contributed by atoms with van der Waals surface area (Å²) >= 11 is 0. The Labute approximate surface area is 69.5 Å².